The quantitative estimate of drug-likeness (QED) is 0.915. The largest absolute Gasteiger partial charge is 0.488 e. The van der Waals surface area contributed by atoms with Crippen LogP contribution in [0, 0.1) is 11.6 Å². The molecule has 0 heterocycles. The Balaban J connectivity index is 2.14. The molecule has 0 radical (unpaired) electrons. The summed E-state index contributed by atoms with van der Waals surface area (Å²) >= 11 is 0. The maximum absolute atomic E-state index is 13.2. The molecule has 0 amide bonds. The fourth-order valence-electron chi connectivity index (χ4n) is 1.75. The van der Waals surface area contributed by atoms with Crippen molar-refractivity contribution in [1.82, 2.24) is 0 Å². The van der Waals surface area contributed by atoms with Gasteiger partial charge in [-0.25, -0.2) is 8.78 Å². The Morgan fingerprint density at radius 2 is 1.68 bits per heavy atom. The van der Waals surface area contributed by atoms with Gasteiger partial charge >= 0.3 is 0 Å². The van der Waals surface area contributed by atoms with Crippen molar-refractivity contribution in [2.75, 3.05) is 0 Å². The van der Waals surface area contributed by atoms with Crippen molar-refractivity contribution in [2.45, 2.75) is 19.6 Å². The lowest BCUT2D eigenvalue weighted by atomic mass is 10.1. The molecule has 0 bridgehead atoms. The molecule has 0 spiro atoms. The van der Waals surface area contributed by atoms with Gasteiger partial charge in [-0.3, -0.25) is 0 Å². The lowest BCUT2D eigenvalue weighted by Crippen LogP contribution is -2.08. The van der Waals surface area contributed by atoms with Gasteiger partial charge in [0.2, 0.25) is 0 Å². The Labute approximate surface area is 110 Å². The summed E-state index contributed by atoms with van der Waals surface area (Å²) in [7, 11) is 0. The Morgan fingerprint density at radius 1 is 1.05 bits per heavy atom. The van der Waals surface area contributed by atoms with Crippen molar-refractivity contribution in [3.05, 3.63) is 65.2 Å². The molecule has 1 unspecified atom stereocenters. The third-order valence-electron chi connectivity index (χ3n) is 2.77. The molecule has 0 aromatic heterocycles. The predicted octanol–water partition coefficient (Wildman–Crippen LogP) is 3.56. The fraction of sp³-hybridized carbons (Fsp3) is 0.200. The summed E-state index contributed by atoms with van der Waals surface area (Å²) in [4.78, 5) is 0. The van der Waals surface area contributed by atoms with E-state index in [0.717, 1.165) is 11.1 Å². The second-order valence-corrected chi connectivity index (χ2v) is 4.39. The van der Waals surface area contributed by atoms with Crippen LogP contribution in [0.15, 0.2) is 42.5 Å². The van der Waals surface area contributed by atoms with E-state index in [1.807, 2.05) is 0 Å². The molecule has 2 N–H and O–H groups in total. The zero-order chi connectivity index (χ0) is 13.8. The van der Waals surface area contributed by atoms with E-state index in [-0.39, 0.29) is 24.3 Å². The van der Waals surface area contributed by atoms with Crippen molar-refractivity contribution >= 4 is 0 Å². The van der Waals surface area contributed by atoms with Gasteiger partial charge in [-0.2, -0.15) is 0 Å². The van der Waals surface area contributed by atoms with E-state index in [9.17, 15) is 8.78 Å². The molecule has 4 heteroatoms. The van der Waals surface area contributed by atoms with Crippen LogP contribution < -0.4 is 10.5 Å². The van der Waals surface area contributed by atoms with E-state index < -0.39 is 0 Å². The summed E-state index contributed by atoms with van der Waals surface area (Å²) in [5.74, 6) is -0.261. The molecular formula is C15H15F2NO. The second-order valence-electron chi connectivity index (χ2n) is 4.39. The number of hydrogen-bond acceptors (Lipinski definition) is 2. The highest BCUT2D eigenvalue weighted by Gasteiger charge is 2.09. The lowest BCUT2D eigenvalue weighted by molar-refractivity contribution is 0.299. The summed E-state index contributed by atoms with van der Waals surface area (Å²) in [6.45, 7) is 2.04. The molecule has 0 saturated carbocycles. The Hall–Kier alpha value is -1.94. The molecular weight excluding hydrogens is 248 g/mol. The predicted molar refractivity (Wildman–Crippen MR) is 69.7 cm³/mol. The van der Waals surface area contributed by atoms with Gasteiger partial charge < -0.3 is 10.5 Å². The van der Waals surface area contributed by atoms with Gasteiger partial charge in [-0.05, 0) is 30.7 Å². The Bertz CT molecular complexity index is 553. The maximum Gasteiger partial charge on any atom is 0.127 e. The number of benzene rings is 2. The van der Waals surface area contributed by atoms with E-state index in [4.69, 9.17) is 10.5 Å². The van der Waals surface area contributed by atoms with Crippen molar-refractivity contribution in [1.29, 1.82) is 0 Å². The molecule has 0 fully saturated rings. The smallest absolute Gasteiger partial charge is 0.127 e. The normalized spacial score (nSPS) is 12.2. The van der Waals surface area contributed by atoms with Crippen LogP contribution in [0.2, 0.25) is 0 Å². The monoisotopic (exact) mass is 263 g/mol. The molecule has 2 nitrogen and oxygen atoms in total. The topological polar surface area (TPSA) is 35.2 Å². The molecule has 0 saturated heterocycles. The van der Waals surface area contributed by atoms with Crippen LogP contribution in [0.5, 0.6) is 5.75 Å². The number of rotatable bonds is 4. The van der Waals surface area contributed by atoms with Gasteiger partial charge in [-0.1, -0.05) is 18.2 Å². The van der Waals surface area contributed by atoms with Crippen molar-refractivity contribution in [2.24, 2.45) is 5.73 Å². The first kappa shape index (κ1) is 13.5. The standard InChI is InChI=1S/C15H15F2NO/c1-10(18)14-7-6-13(17)8-15(14)19-9-11-2-4-12(16)5-3-11/h2-8,10H,9,18H2,1H3. The summed E-state index contributed by atoms with van der Waals surface area (Å²) in [6, 6.07) is 9.99. The Morgan fingerprint density at radius 3 is 2.32 bits per heavy atom. The van der Waals surface area contributed by atoms with Crippen molar-refractivity contribution < 1.29 is 13.5 Å². The highest BCUT2D eigenvalue weighted by Crippen LogP contribution is 2.25. The highest BCUT2D eigenvalue weighted by molar-refractivity contribution is 5.36. The summed E-state index contributed by atoms with van der Waals surface area (Å²) in [5.41, 5.74) is 7.35. The molecule has 2 aromatic rings. The molecule has 1 atom stereocenters. The van der Waals surface area contributed by atoms with Gasteiger partial charge in [0.15, 0.2) is 0 Å². The van der Waals surface area contributed by atoms with Crippen LogP contribution in [0.25, 0.3) is 0 Å². The van der Waals surface area contributed by atoms with Gasteiger partial charge in [0, 0.05) is 17.7 Å². The first-order valence-electron chi connectivity index (χ1n) is 5.98. The number of halogens is 2. The van der Waals surface area contributed by atoms with Crippen LogP contribution in [0.3, 0.4) is 0 Å². The molecule has 19 heavy (non-hydrogen) atoms. The average Bonchev–Trinajstić information content (AvgIpc) is 2.38. The van der Waals surface area contributed by atoms with E-state index >= 15 is 0 Å². The van der Waals surface area contributed by atoms with E-state index in [2.05, 4.69) is 0 Å². The molecule has 100 valence electrons. The van der Waals surface area contributed by atoms with E-state index in [1.54, 1.807) is 25.1 Å². The molecule has 2 aromatic carbocycles. The van der Waals surface area contributed by atoms with Crippen molar-refractivity contribution in [3.63, 3.8) is 0 Å². The van der Waals surface area contributed by atoms with Crippen molar-refractivity contribution in [3.8, 4) is 5.75 Å². The van der Waals surface area contributed by atoms with Gasteiger partial charge in [0.05, 0.1) is 0 Å². The van der Waals surface area contributed by atoms with Crippen LogP contribution >= 0.6 is 0 Å². The SMILES string of the molecule is CC(N)c1ccc(F)cc1OCc1ccc(F)cc1. The molecule has 2 rings (SSSR count). The minimum absolute atomic E-state index is 0.240. The third-order valence-corrected chi connectivity index (χ3v) is 2.77. The summed E-state index contributed by atoms with van der Waals surface area (Å²) < 4.78 is 31.5. The zero-order valence-corrected chi connectivity index (χ0v) is 10.6. The van der Waals surface area contributed by atoms with E-state index in [0.29, 0.717) is 5.75 Å². The number of nitrogens with two attached hydrogens (primary N) is 1. The van der Waals surface area contributed by atoms with Crippen LogP contribution in [-0.4, -0.2) is 0 Å². The van der Waals surface area contributed by atoms with Crippen LogP contribution in [0.4, 0.5) is 8.78 Å². The molecule has 0 aliphatic heterocycles. The minimum atomic E-state index is -0.376. The Kier molecular flexibility index (Phi) is 4.12. The fourth-order valence-corrected chi connectivity index (χ4v) is 1.75. The first-order valence-corrected chi connectivity index (χ1v) is 5.98. The first-order chi connectivity index (χ1) is 9.06. The van der Waals surface area contributed by atoms with E-state index in [1.165, 1.54) is 24.3 Å². The highest BCUT2D eigenvalue weighted by atomic mass is 19.1. The maximum atomic E-state index is 13.2. The zero-order valence-electron chi connectivity index (χ0n) is 10.6. The average molecular weight is 263 g/mol. The summed E-state index contributed by atoms with van der Waals surface area (Å²) in [5, 5.41) is 0. The molecule has 0 aliphatic carbocycles. The van der Waals surface area contributed by atoms with Gasteiger partial charge in [-0.15, -0.1) is 0 Å². The van der Waals surface area contributed by atoms with Gasteiger partial charge in [0.25, 0.3) is 0 Å². The summed E-state index contributed by atoms with van der Waals surface area (Å²) in [6.07, 6.45) is 0. The lowest BCUT2D eigenvalue weighted by Gasteiger charge is -2.14. The van der Waals surface area contributed by atoms with Crippen LogP contribution in [0.1, 0.15) is 24.1 Å². The molecule has 0 aliphatic rings. The number of ether oxygens (including phenoxy) is 1. The minimum Gasteiger partial charge on any atom is -0.488 e. The van der Waals surface area contributed by atoms with Gasteiger partial charge in [0.1, 0.15) is 24.0 Å². The van der Waals surface area contributed by atoms with Crippen LogP contribution in [-0.2, 0) is 6.61 Å². The number of hydrogen-bond donors (Lipinski definition) is 1. The second kappa shape index (κ2) is 5.80. The third kappa shape index (κ3) is 3.51.